The van der Waals surface area contributed by atoms with Crippen molar-refractivity contribution in [3.8, 4) is 17.2 Å². The van der Waals surface area contributed by atoms with Crippen LogP contribution in [0.1, 0.15) is 30.4 Å². The lowest BCUT2D eigenvalue weighted by atomic mass is 9.92. The van der Waals surface area contributed by atoms with Crippen LogP contribution in [-0.4, -0.2) is 58.8 Å². The summed E-state index contributed by atoms with van der Waals surface area (Å²) in [5.74, 6) is 2.10. The van der Waals surface area contributed by atoms with Gasteiger partial charge in [-0.15, -0.1) is 0 Å². The number of methoxy groups -OCH3 is 1. The summed E-state index contributed by atoms with van der Waals surface area (Å²) in [4.78, 5) is 2.34. The van der Waals surface area contributed by atoms with Gasteiger partial charge in [-0.25, -0.2) is 0 Å². The van der Waals surface area contributed by atoms with E-state index in [1.807, 2.05) is 48.1 Å². The number of piperidine rings is 1. The molecule has 2 aromatic carbocycles. The first-order valence-electron chi connectivity index (χ1n) is 12.0. The first kappa shape index (κ1) is 25.4. The van der Waals surface area contributed by atoms with Crippen molar-refractivity contribution in [2.24, 2.45) is 0 Å². The smallest absolute Gasteiger partial charge is 0.161 e. The van der Waals surface area contributed by atoms with Crippen molar-refractivity contribution < 1.29 is 19.3 Å². The number of aryl methyl sites for hydroxylation is 2. The van der Waals surface area contributed by atoms with Crippen LogP contribution in [-0.2, 0) is 13.1 Å². The Morgan fingerprint density at radius 2 is 1.89 bits per heavy atom. The number of benzene rings is 2. The van der Waals surface area contributed by atoms with Crippen LogP contribution in [0.15, 0.2) is 54.9 Å². The number of ether oxygens (including phenoxy) is 3. The quantitative estimate of drug-likeness (QED) is 0.385. The molecule has 7 nitrogen and oxygen atoms in total. The summed E-state index contributed by atoms with van der Waals surface area (Å²) in [5, 5.41) is 15.8. The Bertz CT molecular complexity index is 1080. The number of nitrogens with zero attached hydrogens (tertiary/aromatic N) is 3. The second-order valence-electron chi connectivity index (χ2n) is 9.18. The fraction of sp³-hybridized carbons (Fsp3) is 0.444. The number of hydrogen-bond donors (Lipinski definition) is 1. The molecule has 0 unspecified atom stereocenters. The molecule has 1 saturated heterocycles. The van der Waals surface area contributed by atoms with Crippen LogP contribution in [0.5, 0.6) is 17.2 Å². The molecule has 35 heavy (non-hydrogen) atoms. The molecule has 4 rings (SSSR count). The van der Waals surface area contributed by atoms with E-state index >= 15 is 0 Å². The van der Waals surface area contributed by atoms with Crippen LogP contribution in [0.4, 0.5) is 0 Å². The monoisotopic (exact) mass is 499 g/mol. The summed E-state index contributed by atoms with van der Waals surface area (Å²) in [6, 6.07) is 13.7. The van der Waals surface area contributed by atoms with Gasteiger partial charge < -0.3 is 19.3 Å². The minimum Gasteiger partial charge on any atom is -0.493 e. The largest absolute Gasteiger partial charge is 0.493 e. The second kappa shape index (κ2) is 11.8. The van der Waals surface area contributed by atoms with Gasteiger partial charge in [0, 0.05) is 45.0 Å². The topological polar surface area (TPSA) is 69.0 Å². The minimum atomic E-state index is -0.855. The van der Waals surface area contributed by atoms with Crippen LogP contribution in [0.25, 0.3) is 0 Å². The number of hydrogen-bond acceptors (Lipinski definition) is 6. The third kappa shape index (κ3) is 7.13. The average Bonchev–Trinajstić information content (AvgIpc) is 3.38. The number of halogens is 1. The summed E-state index contributed by atoms with van der Waals surface area (Å²) in [7, 11) is 1.66. The second-order valence-corrected chi connectivity index (χ2v) is 9.59. The average molecular weight is 500 g/mol. The predicted molar refractivity (Wildman–Crippen MR) is 136 cm³/mol. The van der Waals surface area contributed by atoms with Gasteiger partial charge in [0.05, 0.1) is 18.7 Å². The molecular formula is C27H34ClN3O4. The minimum absolute atomic E-state index is 0.239. The van der Waals surface area contributed by atoms with E-state index in [0.29, 0.717) is 30.2 Å². The summed E-state index contributed by atoms with van der Waals surface area (Å²) in [5.41, 5.74) is 1.37. The molecule has 1 aliphatic heterocycles. The number of aromatic nitrogens is 2. The first-order chi connectivity index (χ1) is 16.9. The summed E-state index contributed by atoms with van der Waals surface area (Å²) in [6.45, 7) is 5.98. The zero-order valence-corrected chi connectivity index (χ0v) is 21.2. The van der Waals surface area contributed by atoms with Crippen molar-refractivity contribution >= 4 is 11.6 Å². The van der Waals surface area contributed by atoms with E-state index in [9.17, 15) is 5.11 Å². The van der Waals surface area contributed by atoms with E-state index in [1.54, 1.807) is 13.3 Å². The maximum atomic E-state index is 11.0. The van der Waals surface area contributed by atoms with E-state index in [1.165, 1.54) is 0 Å². The molecular weight excluding hydrogens is 466 g/mol. The molecule has 1 N–H and O–H groups in total. The third-order valence-corrected chi connectivity index (χ3v) is 6.66. The maximum absolute atomic E-state index is 11.0. The van der Waals surface area contributed by atoms with Crippen LogP contribution < -0.4 is 14.2 Å². The highest BCUT2D eigenvalue weighted by molar-refractivity contribution is 6.32. The van der Waals surface area contributed by atoms with Crippen molar-refractivity contribution in [3.05, 3.63) is 71.0 Å². The van der Waals surface area contributed by atoms with E-state index in [4.69, 9.17) is 25.8 Å². The van der Waals surface area contributed by atoms with E-state index in [0.717, 1.165) is 55.2 Å². The molecule has 0 aliphatic carbocycles. The number of rotatable bonds is 11. The molecule has 1 aliphatic rings. The Balaban J connectivity index is 1.27. The highest BCUT2D eigenvalue weighted by Crippen LogP contribution is 2.31. The van der Waals surface area contributed by atoms with Gasteiger partial charge in [-0.1, -0.05) is 23.7 Å². The third-order valence-electron chi connectivity index (χ3n) is 6.35. The maximum Gasteiger partial charge on any atom is 0.161 e. The summed E-state index contributed by atoms with van der Waals surface area (Å²) in [6.07, 6.45) is 5.87. The Kier molecular flexibility index (Phi) is 8.55. The fourth-order valence-electron chi connectivity index (χ4n) is 4.24. The standard InChI is InChI=1S/C27H34ClN3O4/c1-21-5-7-23(28)25(17-21)35-20-27(32)9-14-30(15-10-27)19-22-6-8-24(33-2)26(18-22)34-16-4-13-31-12-3-11-29-31/h3,5-8,11-12,17-18,32H,4,9-10,13-16,19-20H2,1-2H3. The van der Waals surface area contributed by atoms with Gasteiger partial charge in [-0.3, -0.25) is 9.58 Å². The summed E-state index contributed by atoms with van der Waals surface area (Å²) < 4.78 is 19.3. The van der Waals surface area contributed by atoms with Gasteiger partial charge >= 0.3 is 0 Å². The normalized spacial score (nSPS) is 15.7. The molecule has 1 aromatic heterocycles. The first-order valence-corrected chi connectivity index (χ1v) is 12.4. The van der Waals surface area contributed by atoms with Crippen LogP contribution in [0, 0.1) is 6.92 Å². The SMILES string of the molecule is COc1ccc(CN2CCC(O)(COc3cc(C)ccc3Cl)CC2)cc1OCCCn1cccn1. The Morgan fingerprint density at radius 3 is 2.63 bits per heavy atom. The van der Waals surface area contributed by atoms with Gasteiger partial charge in [0.25, 0.3) is 0 Å². The van der Waals surface area contributed by atoms with Crippen molar-refractivity contribution in [2.75, 3.05) is 33.4 Å². The lowest BCUT2D eigenvalue weighted by molar-refractivity contribution is -0.0537. The van der Waals surface area contributed by atoms with E-state index in [-0.39, 0.29) is 6.61 Å². The van der Waals surface area contributed by atoms with Crippen molar-refractivity contribution in [1.29, 1.82) is 0 Å². The van der Waals surface area contributed by atoms with Crippen molar-refractivity contribution in [1.82, 2.24) is 14.7 Å². The molecule has 0 atom stereocenters. The zero-order chi connectivity index (χ0) is 24.7. The fourth-order valence-corrected chi connectivity index (χ4v) is 4.41. The number of aliphatic hydroxyl groups is 1. The zero-order valence-electron chi connectivity index (χ0n) is 20.5. The molecule has 0 amide bonds. The van der Waals surface area contributed by atoms with Crippen molar-refractivity contribution in [2.45, 2.75) is 44.9 Å². The molecule has 0 saturated carbocycles. The molecule has 0 spiro atoms. The highest BCUT2D eigenvalue weighted by atomic mass is 35.5. The molecule has 3 aromatic rings. The molecule has 1 fully saturated rings. The lowest BCUT2D eigenvalue weighted by Gasteiger charge is -2.38. The summed E-state index contributed by atoms with van der Waals surface area (Å²) >= 11 is 6.23. The van der Waals surface area contributed by atoms with Gasteiger partial charge in [0.15, 0.2) is 11.5 Å². The van der Waals surface area contributed by atoms with E-state index < -0.39 is 5.60 Å². The van der Waals surface area contributed by atoms with Crippen LogP contribution >= 0.6 is 11.6 Å². The Labute approximate surface area is 212 Å². The molecule has 0 radical (unpaired) electrons. The van der Waals surface area contributed by atoms with Crippen molar-refractivity contribution in [3.63, 3.8) is 0 Å². The molecule has 0 bridgehead atoms. The van der Waals surface area contributed by atoms with Crippen LogP contribution in [0.2, 0.25) is 5.02 Å². The van der Waals surface area contributed by atoms with Gasteiger partial charge in [-0.05, 0) is 61.2 Å². The Hall–Kier alpha value is -2.74. The Morgan fingerprint density at radius 1 is 1.06 bits per heavy atom. The molecule has 8 heteroatoms. The number of likely N-dealkylation sites (tertiary alicyclic amines) is 1. The molecule has 2 heterocycles. The lowest BCUT2D eigenvalue weighted by Crippen LogP contribution is -2.47. The predicted octanol–water partition coefficient (Wildman–Crippen LogP) is 4.73. The van der Waals surface area contributed by atoms with Gasteiger partial charge in [-0.2, -0.15) is 5.10 Å². The van der Waals surface area contributed by atoms with Gasteiger partial charge in [0.2, 0.25) is 0 Å². The van der Waals surface area contributed by atoms with Gasteiger partial charge in [0.1, 0.15) is 18.0 Å². The highest BCUT2D eigenvalue weighted by Gasteiger charge is 2.33. The van der Waals surface area contributed by atoms with E-state index in [2.05, 4.69) is 22.1 Å². The van der Waals surface area contributed by atoms with Crippen LogP contribution in [0.3, 0.4) is 0 Å². The molecule has 188 valence electrons.